The normalized spacial score (nSPS) is 19.9. The van der Waals surface area contributed by atoms with Gasteiger partial charge in [0.25, 0.3) is 0 Å². The lowest BCUT2D eigenvalue weighted by molar-refractivity contribution is 0.103. The van der Waals surface area contributed by atoms with E-state index in [4.69, 9.17) is 14.9 Å². The Hall–Kier alpha value is -2.31. The molecule has 1 saturated heterocycles. The van der Waals surface area contributed by atoms with Crippen LogP contribution in [0.25, 0.3) is 5.57 Å². The number of hydrogen-bond acceptors (Lipinski definition) is 9. The van der Waals surface area contributed by atoms with Crippen molar-refractivity contribution in [3.63, 3.8) is 0 Å². The Morgan fingerprint density at radius 2 is 2.09 bits per heavy atom. The minimum atomic E-state index is -3.85. The van der Waals surface area contributed by atoms with Crippen molar-refractivity contribution in [2.45, 2.75) is 50.3 Å². The van der Waals surface area contributed by atoms with E-state index in [1.807, 2.05) is 25.4 Å². The average molecular weight is 506 g/mol. The lowest BCUT2D eigenvalue weighted by atomic mass is 9.97. The maximum Gasteiger partial charge on any atom is 0.238 e. The van der Waals surface area contributed by atoms with E-state index < -0.39 is 10.0 Å². The number of allylic oxidation sites excluding steroid dienone is 1. The minimum absolute atomic E-state index is 0.000859. The number of primary sulfonamides is 1. The van der Waals surface area contributed by atoms with Crippen molar-refractivity contribution in [2.24, 2.45) is 16.0 Å². The standard InChI is InChI=1S/C23H31N5O4S2/c1-15(2)32-21-5-4-18(34(24,30)31)11-19(21)26-23-27-20(14-33-23)17-3-6-22(25-12-17)28-9-7-16(13-29)8-10-28/h3-5,11-12,14-16,22,29H,6-10,13H2,1-2H3,(H,26,27)(H2,24,30,31). The Bertz CT molecular complexity index is 1170. The molecule has 2 aromatic rings. The number of anilines is 2. The number of aliphatic imine (C=N–C) groups is 1. The summed E-state index contributed by atoms with van der Waals surface area (Å²) in [5.41, 5.74) is 2.25. The molecule has 0 bridgehead atoms. The molecule has 4 N–H and O–H groups in total. The second-order valence-electron chi connectivity index (χ2n) is 8.85. The van der Waals surface area contributed by atoms with Gasteiger partial charge in [-0.1, -0.05) is 6.08 Å². The van der Waals surface area contributed by atoms with Crippen LogP contribution >= 0.6 is 11.3 Å². The summed E-state index contributed by atoms with van der Waals surface area (Å²) in [6.07, 6.45) is 6.92. The van der Waals surface area contributed by atoms with Crippen LogP contribution in [0.5, 0.6) is 5.75 Å². The summed E-state index contributed by atoms with van der Waals surface area (Å²) in [6.45, 7) is 5.98. The van der Waals surface area contributed by atoms with Crippen LogP contribution in [0.3, 0.4) is 0 Å². The number of nitrogens with two attached hydrogens (primary N) is 1. The second kappa shape index (κ2) is 10.5. The molecule has 1 fully saturated rings. The zero-order chi connectivity index (χ0) is 24.3. The quantitative estimate of drug-likeness (QED) is 0.502. The van der Waals surface area contributed by atoms with E-state index in [9.17, 15) is 13.5 Å². The van der Waals surface area contributed by atoms with Gasteiger partial charge in [-0.05, 0) is 50.8 Å². The highest BCUT2D eigenvalue weighted by molar-refractivity contribution is 7.89. The Balaban J connectivity index is 1.45. The SMILES string of the molecule is CC(C)Oc1ccc(S(N)(=O)=O)cc1Nc1nc(C2=CCC(N3CCC(CO)CC3)N=C2)cs1. The van der Waals surface area contributed by atoms with Crippen LogP contribution < -0.4 is 15.2 Å². The fourth-order valence-corrected chi connectivity index (χ4v) is 5.35. The first-order valence-corrected chi connectivity index (χ1v) is 13.8. The first-order valence-electron chi connectivity index (χ1n) is 11.4. The number of nitrogens with zero attached hydrogens (tertiary/aromatic N) is 3. The Morgan fingerprint density at radius 3 is 2.71 bits per heavy atom. The van der Waals surface area contributed by atoms with E-state index in [1.165, 1.54) is 23.5 Å². The number of piperidine rings is 1. The van der Waals surface area contributed by atoms with Crippen LogP contribution in [-0.2, 0) is 10.0 Å². The smallest absolute Gasteiger partial charge is 0.238 e. The molecule has 0 saturated carbocycles. The summed E-state index contributed by atoms with van der Waals surface area (Å²) in [7, 11) is -3.85. The highest BCUT2D eigenvalue weighted by Crippen LogP contribution is 2.33. The Kier molecular flexibility index (Phi) is 7.68. The van der Waals surface area contributed by atoms with Gasteiger partial charge in [-0.15, -0.1) is 11.3 Å². The predicted molar refractivity (Wildman–Crippen MR) is 135 cm³/mol. The molecule has 2 aliphatic rings. The summed E-state index contributed by atoms with van der Waals surface area (Å²) in [5.74, 6) is 0.929. The fraction of sp³-hybridized carbons (Fsp3) is 0.478. The van der Waals surface area contributed by atoms with Gasteiger partial charge < -0.3 is 15.2 Å². The summed E-state index contributed by atoms with van der Waals surface area (Å²) >= 11 is 1.42. The zero-order valence-corrected chi connectivity index (χ0v) is 21.0. The number of nitrogens with one attached hydrogen (secondary N) is 1. The van der Waals surface area contributed by atoms with Crippen molar-refractivity contribution < 1.29 is 18.3 Å². The van der Waals surface area contributed by atoms with Crippen LogP contribution in [0.1, 0.15) is 38.8 Å². The summed E-state index contributed by atoms with van der Waals surface area (Å²) in [4.78, 5) is 11.8. The van der Waals surface area contributed by atoms with Gasteiger partial charge in [0.1, 0.15) is 11.9 Å². The van der Waals surface area contributed by atoms with Gasteiger partial charge in [0.15, 0.2) is 5.13 Å². The number of aliphatic hydroxyl groups excluding tert-OH is 1. The molecular weight excluding hydrogens is 474 g/mol. The van der Waals surface area contributed by atoms with Gasteiger partial charge in [-0.3, -0.25) is 9.89 Å². The average Bonchev–Trinajstić information content (AvgIpc) is 3.28. The highest BCUT2D eigenvalue weighted by atomic mass is 32.2. The molecule has 0 amide bonds. The summed E-state index contributed by atoms with van der Waals surface area (Å²) in [5, 5.41) is 20.4. The predicted octanol–water partition coefficient (Wildman–Crippen LogP) is 3.21. The molecule has 4 rings (SSSR count). The Morgan fingerprint density at radius 1 is 1.32 bits per heavy atom. The molecule has 9 nitrogen and oxygen atoms in total. The van der Waals surface area contributed by atoms with Crippen LogP contribution in [0, 0.1) is 5.92 Å². The van der Waals surface area contributed by atoms with Crippen LogP contribution in [0.2, 0.25) is 0 Å². The molecule has 0 aliphatic carbocycles. The number of benzene rings is 1. The Labute approximate surface area is 204 Å². The van der Waals surface area contributed by atoms with Gasteiger partial charge in [-0.2, -0.15) is 0 Å². The molecule has 0 radical (unpaired) electrons. The van der Waals surface area contributed by atoms with Crippen molar-refractivity contribution >= 4 is 44.0 Å². The van der Waals surface area contributed by atoms with Crippen molar-refractivity contribution in [3.05, 3.63) is 35.3 Å². The highest BCUT2D eigenvalue weighted by Gasteiger charge is 2.25. The first kappa shape index (κ1) is 24.8. The van der Waals surface area contributed by atoms with Gasteiger partial charge in [0, 0.05) is 43.3 Å². The number of rotatable bonds is 8. The maximum absolute atomic E-state index is 11.8. The number of sulfonamides is 1. The fourth-order valence-electron chi connectivity index (χ4n) is 4.08. The van der Waals surface area contributed by atoms with Crippen LogP contribution in [-0.4, -0.2) is 61.6 Å². The van der Waals surface area contributed by atoms with E-state index >= 15 is 0 Å². The number of aromatic nitrogens is 1. The number of ether oxygens (including phenoxy) is 1. The summed E-state index contributed by atoms with van der Waals surface area (Å²) < 4.78 is 29.4. The van der Waals surface area contributed by atoms with E-state index in [0.29, 0.717) is 22.5 Å². The molecule has 34 heavy (non-hydrogen) atoms. The van der Waals surface area contributed by atoms with E-state index in [0.717, 1.165) is 43.6 Å². The third-order valence-electron chi connectivity index (χ3n) is 5.95. The number of hydrogen-bond donors (Lipinski definition) is 3. The third kappa shape index (κ3) is 6.02. The van der Waals surface area contributed by atoms with Gasteiger partial charge >= 0.3 is 0 Å². The number of dihydropyridines is 1. The van der Waals surface area contributed by atoms with Crippen LogP contribution in [0.15, 0.2) is 39.5 Å². The third-order valence-corrected chi connectivity index (χ3v) is 7.62. The van der Waals surface area contributed by atoms with Gasteiger partial charge in [0.05, 0.1) is 22.4 Å². The van der Waals surface area contributed by atoms with Crippen molar-refractivity contribution in [1.29, 1.82) is 0 Å². The maximum atomic E-state index is 11.8. The first-order chi connectivity index (χ1) is 16.2. The number of aliphatic hydroxyl groups is 1. The van der Waals surface area contributed by atoms with E-state index in [2.05, 4.69) is 21.3 Å². The van der Waals surface area contributed by atoms with E-state index in [-0.39, 0.29) is 23.8 Å². The molecule has 1 atom stereocenters. The van der Waals surface area contributed by atoms with Crippen molar-refractivity contribution in [1.82, 2.24) is 9.88 Å². The molecule has 1 unspecified atom stereocenters. The molecule has 2 aliphatic heterocycles. The monoisotopic (exact) mass is 505 g/mol. The molecule has 184 valence electrons. The molecular formula is C23H31N5O4S2. The van der Waals surface area contributed by atoms with Crippen molar-refractivity contribution in [3.8, 4) is 5.75 Å². The van der Waals surface area contributed by atoms with Crippen LogP contribution in [0.4, 0.5) is 10.8 Å². The molecule has 3 heterocycles. The van der Waals surface area contributed by atoms with Gasteiger partial charge in [-0.25, -0.2) is 18.5 Å². The molecule has 0 spiro atoms. The summed E-state index contributed by atoms with van der Waals surface area (Å²) in [6, 6.07) is 4.48. The molecule has 11 heteroatoms. The topological polar surface area (TPSA) is 130 Å². The second-order valence-corrected chi connectivity index (χ2v) is 11.3. The molecule has 1 aromatic carbocycles. The molecule has 1 aromatic heterocycles. The van der Waals surface area contributed by atoms with Gasteiger partial charge in [0.2, 0.25) is 10.0 Å². The largest absolute Gasteiger partial charge is 0.489 e. The zero-order valence-electron chi connectivity index (χ0n) is 19.3. The number of thiazole rings is 1. The van der Waals surface area contributed by atoms with E-state index in [1.54, 1.807) is 6.07 Å². The minimum Gasteiger partial charge on any atom is -0.489 e. The lowest BCUT2D eigenvalue weighted by Crippen LogP contribution is -2.41. The number of likely N-dealkylation sites (tertiary alicyclic amines) is 1. The van der Waals surface area contributed by atoms with Crippen molar-refractivity contribution in [2.75, 3.05) is 25.0 Å². The lowest BCUT2D eigenvalue weighted by Gasteiger charge is -2.35.